The van der Waals surface area contributed by atoms with Crippen molar-refractivity contribution in [2.24, 2.45) is 0 Å². The van der Waals surface area contributed by atoms with E-state index >= 15 is 0 Å². The predicted molar refractivity (Wildman–Crippen MR) is 116 cm³/mol. The van der Waals surface area contributed by atoms with Crippen LogP contribution in [0.4, 0.5) is 0 Å². The minimum atomic E-state index is -3.20. The summed E-state index contributed by atoms with van der Waals surface area (Å²) in [5.41, 5.74) is 4.92. The molecule has 7 heteroatoms. The van der Waals surface area contributed by atoms with Gasteiger partial charge in [-0.2, -0.15) is 0 Å². The standard InChI is InChI=1S/C22H31N3O3S/c1-6-29(27,28)23(5)19-10-12-24(13-11-19)22(26)21-15-17(3)25(18(21)4)20-9-7-8-16(2)14-20/h7-9,14-15,19H,6,10-13H2,1-5H3. The van der Waals surface area contributed by atoms with Crippen LogP contribution in [0.3, 0.4) is 0 Å². The molecule has 158 valence electrons. The summed E-state index contributed by atoms with van der Waals surface area (Å²) in [5.74, 6) is 0.129. The van der Waals surface area contributed by atoms with Crippen LogP contribution in [0.25, 0.3) is 5.69 Å². The van der Waals surface area contributed by atoms with Gasteiger partial charge in [0.1, 0.15) is 0 Å². The molecule has 6 nitrogen and oxygen atoms in total. The van der Waals surface area contributed by atoms with Gasteiger partial charge >= 0.3 is 0 Å². The fraction of sp³-hybridized carbons (Fsp3) is 0.500. The molecule has 0 unspecified atom stereocenters. The molecule has 3 rings (SSSR count). The van der Waals surface area contributed by atoms with E-state index in [1.165, 1.54) is 9.87 Å². The first-order valence-corrected chi connectivity index (χ1v) is 11.8. The van der Waals surface area contributed by atoms with E-state index in [-0.39, 0.29) is 17.7 Å². The van der Waals surface area contributed by atoms with Crippen LogP contribution in [0.1, 0.15) is 47.1 Å². The molecular formula is C22H31N3O3S. The molecule has 29 heavy (non-hydrogen) atoms. The number of piperidine rings is 1. The van der Waals surface area contributed by atoms with Crippen LogP contribution < -0.4 is 0 Å². The number of hydrogen-bond acceptors (Lipinski definition) is 3. The van der Waals surface area contributed by atoms with Crippen molar-refractivity contribution in [3.05, 3.63) is 52.8 Å². The minimum absolute atomic E-state index is 0.0245. The third kappa shape index (κ3) is 4.26. The van der Waals surface area contributed by atoms with Crippen molar-refractivity contribution in [1.82, 2.24) is 13.8 Å². The second-order valence-electron chi connectivity index (χ2n) is 7.90. The van der Waals surface area contributed by atoms with E-state index in [9.17, 15) is 13.2 Å². The van der Waals surface area contributed by atoms with E-state index in [1.54, 1.807) is 14.0 Å². The topological polar surface area (TPSA) is 62.6 Å². The van der Waals surface area contributed by atoms with Crippen molar-refractivity contribution < 1.29 is 13.2 Å². The third-order valence-electron chi connectivity index (χ3n) is 5.99. The van der Waals surface area contributed by atoms with Crippen LogP contribution in [-0.4, -0.2) is 60.0 Å². The Bertz CT molecular complexity index is 1000. The van der Waals surface area contributed by atoms with Crippen LogP contribution in [-0.2, 0) is 10.0 Å². The van der Waals surface area contributed by atoms with E-state index in [2.05, 4.69) is 29.7 Å². The zero-order valence-electron chi connectivity index (χ0n) is 18.0. The molecule has 0 atom stereocenters. The van der Waals surface area contributed by atoms with Gasteiger partial charge < -0.3 is 9.47 Å². The molecule has 1 aromatic heterocycles. The van der Waals surface area contributed by atoms with Gasteiger partial charge in [-0.05, 0) is 64.3 Å². The van der Waals surface area contributed by atoms with Crippen LogP contribution in [0, 0.1) is 20.8 Å². The van der Waals surface area contributed by atoms with Gasteiger partial charge in [0.05, 0.1) is 11.3 Å². The largest absolute Gasteiger partial charge is 0.338 e. The number of benzene rings is 1. The molecule has 0 bridgehead atoms. The van der Waals surface area contributed by atoms with Crippen molar-refractivity contribution in [3.63, 3.8) is 0 Å². The number of hydrogen-bond donors (Lipinski definition) is 0. The number of carbonyl (C=O) groups is 1. The smallest absolute Gasteiger partial charge is 0.255 e. The van der Waals surface area contributed by atoms with Crippen molar-refractivity contribution in [1.29, 1.82) is 0 Å². The Labute approximate surface area is 174 Å². The lowest BCUT2D eigenvalue weighted by Gasteiger charge is -2.36. The summed E-state index contributed by atoms with van der Waals surface area (Å²) in [6, 6.07) is 10.2. The van der Waals surface area contributed by atoms with E-state index in [4.69, 9.17) is 0 Å². The average Bonchev–Trinajstić information content (AvgIpc) is 3.01. The second kappa shape index (κ2) is 8.32. The Morgan fingerprint density at radius 3 is 2.38 bits per heavy atom. The lowest BCUT2D eigenvalue weighted by atomic mass is 10.0. The van der Waals surface area contributed by atoms with E-state index < -0.39 is 10.0 Å². The summed E-state index contributed by atoms with van der Waals surface area (Å²) in [5, 5.41) is 0. The maximum absolute atomic E-state index is 13.2. The number of rotatable bonds is 5. The Balaban J connectivity index is 1.77. The highest BCUT2D eigenvalue weighted by Gasteiger charge is 2.31. The van der Waals surface area contributed by atoms with Crippen molar-refractivity contribution in [2.45, 2.75) is 46.6 Å². The van der Waals surface area contributed by atoms with Gasteiger partial charge in [-0.25, -0.2) is 12.7 Å². The van der Waals surface area contributed by atoms with Crippen LogP contribution in [0.5, 0.6) is 0 Å². The van der Waals surface area contributed by atoms with Crippen LogP contribution >= 0.6 is 0 Å². The Hall–Kier alpha value is -2.12. The molecule has 1 amide bonds. The average molecular weight is 418 g/mol. The Morgan fingerprint density at radius 2 is 1.79 bits per heavy atom. The first-order valence-electron chi connectivity index (χ1n) is 10.2. The van der Waals surface area contributed by atoms with Crippen LogP contribution in [0.15, 0.2) is 30.3 Å². The molecule has 0 radical (unpaired) electrons. The highest BCUT2D eigenvalue weighted by atomic mass is 32.2. The molecule has 0 spiro atoms. The molecule has 2 heterocycles. The fourth-order valence-corrected chi connectivity index (χ4v) is 5.25. The molecular weight excluding hydrogens is 386 g/mol. The Morgan fingerprint density at radius 1 is 1.14 bits per heavy atom. The maximum Gasteiger partial charge on any atom is 0.255 e. The van der Waals surface area contributed by atoms with Gasteiger partial charge in [0.25, 0.3) is 5.91 Å². The monoisotopic (exact) mass is 417 g/mol. The second-order valence-corrected chi connectivity index (χ2v) is 10.2. The third-order valence-corrected chi connectivity index (χ3v) is 7.90. The van der Waals surface area contributed by atoms with E-state index in [1.807, 2.05) is 30.9 Å². The SMILES string of the molecule is CCS(=O)(=O)N(C)C1CCN(C(=O)c2cc(C)n(-c3cccc(C)c3)c2C)CC1. The summed E-state index contributed by atoms with van der Waals surface area (Å²) in [6.45, 7) is 8.86. The van der Waals surface area contributed by atoms with Gasteiger partial charge in [0.2, 0.25) is 10.0 Å². The van der Waals surface area contributed by atoms with Crippen molar-refractivity contribution >= 4 is 15.9 Å². The first kappa shape index (κ1) is 21.6. The Kier molecular flexibility index (Phi) is 6.19. The fourth-order valence-electron chi connectivity index (χ4n) is 4.18. The number of carbonyl (C=O) groups excluding carboxylic acids is 1. The molecule has 2 aromatic rings. The molecule has 0 N–H and O–H groups in total. The lowest BCUT2D eigenvalue weighted by Crippen LogP contribution is -2.47. The molecule has 1 fully saturated rings. The molecule has 1 aromatic carbocycles. The van der Waals surface area contributed by atoms with Crippen molar-refractivity contribution in [3.8, 4) is 5.69 Å². The first-order chi connectivity index (χ1) is 13.7. The lowest BCUT2D eigenvalue weighted by molar-refractivity contribution is 0.0685. The van der Waals surface area contributed by atoms with E-state index in [0.29, 0.717) is 25.9 Å². The molecule has 1 aliphatic rings. The van der Waals surface area contributed by atoms with Gasteiger partial charge in [0, 0.05) is 43.3 Å². The number of amides is 1. The summed E-state index contributed by atoms with van der Waals surface area (Å²) in [4.78, 5) is 15.0. The predicted octanol–water partition coefficient (Wildman–Crippen LogP) is 3.29. The summed E-state index contributed by atoms with van der Waals surface area (Å²) >= 11 is 0. The molecule has 0 aliphatic carbocycles. The quantitative estimate of drug-likeness (QED) is 0.750. The summed E-state index contributed by atoms with van der Waals surface area (Å²) in [6.07, 6.45) is 1.33. The van der Waals surface area contributed by atoms with Crippen LogP contribution in [0.2, 0.25) is 0 Å². The summed E-state index contributed by atoms with van der Waals surface area (Å²) < 4.78 is 27.8. The maximum atomic E-state index is 13.2. The normalized spacial score (nSPS) is 15.9. The highest BCUT2D eigenvalue weighted by Crippen LogP contribution is 2.25. The summed E-state index contributed by atoms with van der Waals surface area (Å²) in [7, 11) is -1.56. The van der Waals surface area contributed by atoms with Gasteiger partial charge in [0.15, 0.2) is 0 Å². The molecule has 1 saturated heterocycles. The number of nitrogens with zero attached hydrogens (tertiary/aromatic N) is 3. The number of sulfonamides is 1. The van der Waals surface area contributed by atoms with Gasteiger partial charge in [-0.15, -0.1) is 0 Å². The zero-order valence-corrected chi connectivity index (χ0v) is 18.8. The van der Waals surface area contributed by atoms with Gasteiger partial charge in [-0.3, -0.25) is 4.79 Å². The minimum Gasteiger partial charge on any atom is -0.338 e. The van der Waals surface area contributed by atoms with Crippen molar-refractivity contribution in [2.75, 3.05) is 25.9 Å². The number of aryl methyl sites for hydroxylation is 2. The van der Waals surface area contributed by atoms with Gasteiger partial charge in [-0.1, -0.05) is 12.1 Å². The number of likely N-dealkylation sites (tertiary alicyclic amines) is 1. The number of aromatic nitrogens is 1. The highest BCUT2D eigenvalue weighted by molar-refractivity contribution is 7.89. The molecule has 0 saturated carbocycles. The molecule has 1 aliphatic heterocycles. The zero-order chi connectivity index (χ0) is 21.3. The van der Waals surface area contributed by atoms with E-state index in [0.717, 1.165) is 22.6 Å².